The third-order valence-electron chi connectivity index (χ3n) is 3.78. The maximum atomic E-state index is 12.4. The molecule has 1 aliphatic heterocycles. The van der Waals surface area contributed by atoms with Crippen LogP contribution in [-0.4, -0.2) is 52.9 Å². The Balaban J connectivity index is 1.62. The van der Waals surface area contributed by atoms with Crippen LogP contribution >= 0.6 is 0 Å². The number of nitrogens with one attached hydrogen (secondary N) is 1. The van der Waals surface area contributed by atoms with Gasteiger partial charge >= 0.3 is 6.03 Å². The van der Waals surface area contributed by atoms with Gasteiger partial charge in [0.2, 0.25) is 17.7 Å². The standard InChI is InChI=1S/C16H21N5O4/c1-10(2)14-19-20-15(25-14)12-9-21(6-7-24-12)16(22)18-11-4-5-13(23-3)17-8-11/h4-5,8,10,12H,6-7,9H2,1-3H3,(H,18,22). The molecule has 0 aliphatic carbocycles. The highest BCUT2D eigenvalue weighted by molar-refractivity contribution is 5.89. The molecule has 9 nitrogen and oxygen atoms in total. The molecule has 1 fully saturated rings. The van der Waals surface area contributed by atoms with E-state index in [-0.39, 0.29) is 11.9 Å². The fourth-order valence-corrected chi connectivity index (χ4v) is 2.37. The number of amides is 2. The molecule has 0 saturated carbocycles. The average molecular weight is 347 g/mol. The van der Waals surface area contributed by atoms with Crippen molar-refractivity contribution in [1.29, 1.82) is 0 Å². The van der Waals surface area contributed by atoms with Crippen molar-refractivity contribution in [2.45, 2.75) is 25.9 Å². The van der Waals surface area contributed by atoms with Gasteiger partial charge in [-0.15, -0.1) is 10.2 Å². The second-order valence-electron chi connectivity index (χ2n) is 5.96. The lowest BCUT2D eigenvalue weighted by Crippen LogP contribution is -2.44. The van der Waals surface area contributed by atoms with Crippen molar-refractivity contribution >= 4 is 11.7 Å². The Labute approximate surface area is 145 Å². The molecule has 0 spiro atoms. The summed E-state index contributed by atoms with van der Waals surface area (Å²) in [7, 11) is 1.54. The molecule has 1 unspecified atom stereocenters. The van der Waals surface area contributed by atoms with Gasteiger partial charge in [-0.3, -0.25) is 0 Å². The van der Waals surface area contributed by atoms with Crippen LogP contribution in [0.4, 0.5) is 10.5 Å². The third kappa shape index (κ3) is 4.05. The van der Waals surface area contributed by atoms with E-state index in [0.717, 1.165) is 0 Å². The Morgan fingerprint density at radius 3 is 2.88 bits per heavy atom. The van der Waals surface area contributed by atoms with Gasteiger partial charge in [-0.1, -0.05) is 13.8 Å². The van der Waals surface area contributed by atoms with Crippen LogP contribution in [0.25, 0.3) is 0 Å². The summed E-state index contributed by atoms with van der Waals surface area (Å²) in [4.78, 5) is 18.2. The lowest BCUT2D eigenvalue weighted by Gasteiger charge is -2.31. The highest BCUT2D eigenvalue weighted by Gasteiger charge is 2.29. The van der Waals surface area contributed by atoms with Crippen molar-refractivity contribution in [1.82, 2.24) is 20.1 Å². The number of urea groups is 1. The van der Waals surface area contributed by atoms with E-state index >= 15 is 0 Å². The fraction of sp³-hybridized carbons (Fsp3) is 0.500. The third-order valence-corrected chi connectivity index (χ3v) is 3.78. The van der Waals surface area contributed by atoms with Gasteiger partial charge in [0.05, 0.1) is 32.1 Å². The summed E-state index contributed by atoms with van der Waals surface area (Å²) in [5.41, 5.74) is 0.591. The van der Waals surface area contributed by atoms with Gasteiger partial charge in [-0.05, 0) is 6.07 Å². The van der Waals surface area contributed by atoms with Crippen molar-refractivity contribution < 1.29 is 18.7 Å². The molecule has 0 radical (unpaired) electrons. The van der Waals surface area contributed by atoms with Crippen LogP contribution in [0.5, 0.6) is 5.88 Å². The monoisotopic (exact) mass is 347 g/mol. The molecular formula is C16H21N5O4. The van der Waals surface area contributed by atoms with Crippen molar-refractivity contribution in [3.05, 3.63) is 30.1 Å². The minimum Gasteiger partial charge on any atom is -0.481 e. The van der Waals surface area contributed by atoms with Crippen LogP contribution in [0.3, 0.4) is 0 Å². The molecule has 25 heavy (non-hydrogen) atoms. The van der Waals surface area contributed by atoms with Crippen LogP contribution in [0.1, 0.15) is 37.7 Å². The van der Waals surface area contributed by atoms with Gasteiger partial charge in [0.1, 0.15) is 0 Å². The molecule has 2 amide bonds. The number of pyridine rings is 1. The van der Waals surface area contributed by atoms with Crippen LogP contribution in [0.15, 0.2) is 22.7 Å². The molecular weight excluding hydrogens is 326 g/mol. The fourth-order valence-electron chi connectivity index (χ4n) is 2.37. The lowest BCUT2D eigenvalue weighted by molar-refractivity contribution is -0.0276. The van der Waals surface area contributed by atoms with Crippen LogP contribution in [0.2, 0.25) is 0 Å². The largest absolute Gasteiger partial charge is 0.481 e. The molecule has 1 N–H and O–H groups in total. The Bertz CT molecular complexity index is 716. The number of hydrogen-bond acceptors (Lipinski definition) is 7. The van der Waals surface area contributed by atoms with Crippen molar-refractivity contribution in [2.24, 2.45) is 0 Å². The lowest BCUT2D eigenvalue weighted by atomic mass is 10.2. The van der Waals surface area contributed by atoms with Gasteiger partial charge in [0.25, 0.3) is 0 Å². The molecule has 2 aromatic heterocycles. The van der Waals surface area contributed by atoms with Gasteiger partial charge in [-0.25, -0.2) is 9.78 Å². The summed E-state index contributed by atoms with van der Waals surface area (Å²) in [5.74, 6) is 1.59. The summed E-state index contributed by atoms with van der Waals surface area (Å²) < 4.78 is 16.3. The molecule has 1 atom stereocenters. The Morgan fingerprint density at radius 2 is 2.24 bits per heavy atom. The molecule has 1 saturated heterocycles. The number of ether oxygens (including phenoxy) is 2. The molecule has 1 aliphatic rings. The zero-order valence-electron chi connectivity index (χ0n) is 14.4. The second-order valence-corrected chi connectivity index (χ2v) is 5.96. The maximum absolute atomic E-state index is 12.4. The minimum absolute atomic E-state index is 0.145. The number of methoxy groups -OCH3 is 1. The Hall–Kier alpha value is -2.68. The summed E-state index contributed by atoms with van der Waals surface area (Å²) in [6.45, 7) is 5.17. The van der Waals surface area contributed by atoms with Crippen LogP contribution in [-0.2, 0) is 4.74 Å². The number of carbonyl (C=O) groups excluding carboxylic acids is 1. The number of rotatable bonds is 4. The zero-order valence-corrected chi connectivity index (χ0v) is 14.4. The van der Waals surface area contributed by atoms with Crippen molar-refractivity contribution in [2.75, 3.05) is 32.1 Å². The van der Waals surface area contributed by atoms with Crippen LogP contribution in [0, 0.1) is 0 Å². The van der Waals surface area contributed by atoms with Crippen LogP contribution < -0.4 is 10.1 Å². The highest BCUT2D eigenvalue weighted by Crippen LogP contribution is 2.24. The predicted molar refractivity (Wildman–Crippen MR) is 88.5 cm³/mol. The van der Waals surface area contributed by atoms with Gasteiger partial charge in [0, 0.05) is 18.5 Å². The van der Waals surface area contributed by atoms with Crippen molar-refractivity contribution in [3.8, 4) is 5.88 Å². The number of carbonyl (C=O) groups is 1. The molecule has 134 valence electrons. The predicted octanol–water partition coefficient (Wildman–Crippen LogP) is 2.20. The van der Waals surface area contributed by atoms with E-state index < -0.39 is 6.10 Å². The first-order chi connectivity index (χ1) is 12.1. The van der Waals surface area contributed by atoms with Crippen molar-refractivity contribution in [3.63, 3.8) is 0 Å². The molecule has 3 heterocycles. The zero-order chi connectivity index (χ0) is 17.8. The Kier molecular flexibility index (Phi) is 5.13. The molecule has 2 aromatic rings. The Morgan fingerprint density at radius 1 is 1.40 bits per heavy atom. The smallest absolute Gasteiger partial charge is 0.322 e. The summed E-state index contributed by atoms with van der Waals surface area (Å²) in [6, 6.07) is 3.18. The van der Waals surface area contributed by atoms with E-state index in [0.29, 0.717) is 43.0 Å². The second kappa shape index (κ2) is 7.47. The quantitative estimate of drug-likeness (QED) is 0.904. The summed E-state index contributed by atoms with van der Waals surface area (Å²) in [6.07, 6.45) is 1.12. The van der Waals surface area contributed by atoms with Gasteiger partial charge in [0.15, 0.2) is 6.10 Å². The number of morpholine rings is 1. The number of nitrogens with zero attached hydrogens (tertiary/aromatic N) is 4. The molecule has 0 aromatic carbocycles. The molecule has 3 rings (SSSR count). The first-order valence-electron chi connectivity index (χ1n) is 8.07. The van der Waals surface area contributed by atoms with E-state index in [1.165, 1.54) is 7.11 Å². The number of anilines is 1. The normalized spacial score (nSPS) is 17.6. The molecule has 9 heteroatoms. The number of aromatic nitrogens is 3. The first kappa shape index (κ1) is 17.2. The first-order valence-corrected chi connectivity index (χ1v) is 8.07. The van der Waals surface area contributed by atoms with Gasteiger partial charge in [-0.2, -0.15) is 0 Å². The van der Waals surface area contributed by atoms with E-state index in [1.807, 2.05) is 13.8 Å². The summed E-state index contributed by atoms with van der Waals surface area (Å²) >= 11 is 0. The topological polar surface area (TPSA) is 103 Å². The minimum atomic E-state index is -0.423. The van der Waals surface area contributed by atoms with E-state index in [2.05, 4.69) is 20.5 Å². The average Bonchev–Trinajstić information content (AvgIpc) is 3.13. The summed E-state index contributed by atoms with van der Waals surface area (Å²) in [5, 5.41) is 10.8. The molecule has 0 bridgehead atoms. The SMILES string of the molecule is COc1ccc(NC(=O)N2CCOC(c3nnc(C(C)C)o3)C2)cn1. The van der Waals surface area contributed by atoms with E-state index in [9.17, 15) is 4.79 Å². The maximum Gasteiger partial charge on any atom is 0.322 e. The van der Waals surface area contributed by atoms with E-state index in [1.54, 1.807) is 23.2 Å². The number of hydrogen-bond donors (Lipinski definition) is 1. The van der Waals surface area contributed by atoms with E-state index in [4.69, 9.17) is 13.9 Å². The highest BCUT2D eigenvalue weighted by atomic mass is 16.5. The van der Waals surface area contributed by atoms with Gasteiger partial charge < -0.3 is 24.1 Å².